The third-order valence-electron chi connectivity index (χ3n) is 6.18. The van der Waals surface area contributed by atoms with Crippen LogP contribution in [0.15, 0.2) is 30.5 Å². The van der Waals surface area contributed by atoms with Crippen molar-refractivity contribution in [2.45, 2.75) is 39.2 Å². The Hall–Kier alpha value is -2.25. The molecule has 2 aromatic heterocycles. The van der Waals surface area contributed by atoms with Crippen molar-refractivity contribution >= 4 is 11.6 Å². The van der Waals surface area contributed by atoms with Gasteiger partial charge in [-0.15, -0.1) is 0 Å². The minimum atomic E-state index is -0.307. The van der Waals surface area contributed by atoms with E-state index < -0.39 is 0 Å². The number of halogens is 1. The van der Waals surface area contributed by atoms with Crippen LogP contribution >= 0.6 is 0 Å². The fraction of sp³-hybridized carbons (Fsp3) is 0.545. The van der Waals surface area contributed by atoms with Crippen LogP contribution in [0.25, 0.3) is 0 Å². The van der Waals surface area contributed by atoms with E-state index in [0.717, 1.165) is 49.6 Å². The SMILES string of the molecule is CC(C)CC1(CN)CCCN(c2ccc(F)c(C3c4cccnc4NN3C)n2)C1. The van der Waals surface area contributed by atoms with Crippen molar-refractivity contribution in [3.8, 4) is 0 Å². The minimum Gasteiger partial charge on any atom is -0.356 e. The van der Waals surface area contributed by atoms with Crippen molar-refractivity contribution in [3.05, 3.63) is 47.5 Å². The summed E-state index contributed by atoms with van der Waals surface area (Å²) in [4.78, 5) is 11.5. The number of pyridine rings is 2. The van der Waals surface area contributed by atoms with Gasteiger partial charge in [-0.1, -0.05) is 19.9 Å². The monoisotopic (exact) mass is 398 g/mol. The summed E-state index contributed by atoms with van der Waals surface area (Å²) in [7, 11) is 1.89. The number of hydrogen-bond donors (Lipinski definition) is 2. The maximum absolute atomic E-state index is 14.9. The fourth-order valence-corrected chi connectivity index (χ4v) is 5.00. The summed E-state index contributed by atoms with van der Waals surface area (Å²) in [6, 6.07) is 6.88. The zero-order valence-electron chi connectivity index (χ0n) is 17.5. The highest BCUT2D eigenvalue weighted by atomic mass is 19.1. The van der Waals surface area contributed by atoms with E-state index in [0.29, 0.717) is 18.2 Å². The molecule has 4 rings (SSSR count). The summed E-state index contributed by atoms with van der Waals surface area (Å²) in [5.74, 6) is 1.88. The Bertz CT molecular complexity index is 872. The van der Waals surface area contributed by atoms with E-state index in [9.17, 15) is 4.39 Å². The molecule has 0 radical (unpaired) electrons. The van der Waals surface area contributed by atoms with Gasteiger partial charge in [-0.3, -0.25) is 0 Å². The summed E-state index contributed by atoms with van der Waals surface area (Å²) in [5, 5.41) is 1.87. The third kappa shape index (κ3) is 3.81. The number of nitrogens with one attached hydrogen (secondary N) is 1. The predicted molar refractivity (Wildman–Crippen MR) is 114 cm³/mol. The topological polar surface area (TPSA) is 70.3 Å². The van der Waals surface area contributed by atoms with E-state index in [4.69, 9.17) is 10.7 Å². The molecule has 0 spiro atoms. The molecule has 1 saturated heterocycles. The fourth-order valence-electron chi connectivity index (χ4n) is 5.00. The first-order valence-electron chi connectivity index (χ1n) is 10.5. The predicted octanol–water partition coefficient (Wildman–Crippen LogP) is 3.57. The lowest BCUT2D eigenvalue weighted by Gasteiger charge is -2.44. The molecule has 1 fully saturated rings. The van der Waals surface area contributed by atoms with Crippen molar-refractivity contribution in [1.82, 2.24) is 15.0 Å². The number of piperidine rings is 1. The molecule has 0 aromatic carbocycles. The molecular weight excluding hydrogens is 367 g/mol. The lowest BCUT2D eigenvalue weighted by molar-refractivity contribution is 0.194. The number of nitrogens with two attached hydrogens (primary N) is 1. The second kappa shape index (κ2) is 7.88. The molecule has 2 aromatic rings. The van der Waals surface area contributed by atoms with E-state index in [1.54, 1.807) is 18.3 Å². The van der Waals surface area contributed by atoms with E-state index in [-0.39, 0.29) is 17.3 Å². The second-order valence-electron chi connectivity index (χ2n) is 8.93. The molecule has 2 atom stereocenters. The number of nitrogens with zero attached hydrogens (tertiary/aromatic N) is 4. The Morgan fingerprint density at radius 3 is 2.93 bits per heavy atom. The lowest BCUT2D eigenvalue weighted by Crippen LogP contribution is -2.48. The molecule has 2 aliphatic rings. The summed E-state index contributed by atoms with van der Waals surface area (Å²) in [6.45, 7) is 6.97. The number of aromatic nitrogens is 2. The molecule has 2 unspecified atom stereocenters. The summed E-state index contributed by atoms with van der Waals surface area (Å²) >= 11 is 0. The van der Waals surface area contributed by atoms with E-state index >= 15 is 0 Å². The number of hydrogen-bond acceptors (Lipinski definition) is 6. The third-order valence-corrected chi connectivity index (χ3v) is 6.18. The standard InChI is InChI=1S/C22H31FN6/c1-15(2)12-22(13-24)9-5-11-29(14-22)18-8-7-17(23)19(26-18)20-16-6-4-10-25-21(16)27-28(20)3/h4,6-8,10,15,20H,5,9,11-14,24H2,1-3H3,(H,25,27). The molecule has 156 valence electrons. The first-order chi connectivity index (χ1) is 13.9. The van der Waals surface area contributed by atoms with Gasteiger partial charge < -0.3 is 16.1 Å². The Morgan fingerprint density at radius 2 is 2.17 bits per heavy atom. The Morgan fingerprint density at radius 1 is 1.34 bits per heavy atom. The molecule has 4 heterocycles. The van der Waals surface area contributed by atoms with Crippen LogP contribution in [0.4, 0.5) is 16.0 Å². The molecule has 0 bridgehead atoms. The molecule has 2 aliphatic heterocycles. The Kier molecular flexibility index (Phi) is 5.44. The van der Waals surface area contributed by atoms with Gasteiger partial charge in [0, 0.05) is 37.3 Å². The quantitative estimate of drug-likeness (QED) is 0.802. The van der Waals surface area contributed by atoms with E-state index in [1.165, 1.54) is 0 Å². The van der Waals surface area contributed by atoms with Crippen LogP contribution in [0.1, 0.15) is 50.4 Å². The molecule has 0 aliphatic carbocycles. The number of anilines is 2. The van der Waals surface area contributed by atoms with Crippen LogP contribution < -0.4 is 16.1 Å². The molecule has 3 N–H and O–H groups in total. The maximum Gasteiger partial charge on any atom is 0.146 e. The van der Waals surface area contributed by atoms with E-state index in [2.05, 4.69) is 29.2 Å². The summed E-state index contributed by atoms with van der Waals surface area (Å²) < 4.78 is 14.9. The van der Waals surface area contributed by atoms with Gasteiger partial charge in [0.15, 0.2) is 0 Å². The minimum absolute atomic E-state index is 0.102. The average molecular weight is 399 g/mol. The maximum atomic E-state index is 14.9. The molecule has 0 amide bonds. The van der Waals surface area contributed by atoms with Gasteiger partial charge in [0.25, 0.3) is 0 Å². The summed E-state index contributed by atoms with van der Waals surface area (Å²) in [5.41, 5.74) is 10.9. The normalized spacial score (nSPS) is 24.6. The van der Waals surface area contributed by atoms with Gasteiger partial charge in [0.05, 0.1) is 0 Å². The smallest absolute Gasteiger partial charge is 0.146 e. The number of hydrazine groups is 1. The largest absolute Gasteiger partial charge is 0.356 e. The Labute approximate surface area is 172 Å². The van der Waals surface area contributed by atoms with Crippen molar-refractivity contribution in [2.24, 2.45) is 17.1 Å². The first kappa shape index (κ1) is 20.0. The van der Waals surface area contributed by atoms with Crippen molar-refractivity contribution in [3.63, 3.8) is 0 Å². The summed E-state index contributed by atoms with van der Waals surface area (Å²) in [6.07, 6.45) is 5.05. The van der Waals surface area contributed by atoms with Gasteiger partial charge in [-0.25, -0.2) is 19.4 Å². The van der Waals surface area contributed by atoms with Crippen molar-refractivity contribution < 1.29 is 4.39 Å². The van der Waals surface area contributed by atoms with Crippen LogP contribution in [0.5, 0.6) is 0 Å². The van der Waals surface area contributed by atoms with Gasteiger partial charge in [0.1, 0.15) is 29.2 Å². The highest BCUT2D eigenvalue weighted by Gasteiger charge is 2.37. The lowest BCUT2D eigenvalue weighted by atomic mass is 9.74. The van der Waals surface area contributed by atoms with Crippen LogP contribution in [-0.2, 0) is 0 Å². The first-order valence-corrected chi connectivity index (χ1v) is 10.5. The molecule has 0 saturated carbocycles. The molecule has 7 heteroatoms. The van der Waals surface area contributed by atoms with Gasteiger partial charge in [-0.05, 0) is 49.9 Å². The van der Waals surface area contributed by atoms with Crippen LogP contribution in [0, 0.1) is 17.2 Å². The highest BCUT2D eigenvalue weighted by Crippen LogP contribution is 2.40. The van der Waals surface area contributed by atoms with Gasteiger partial charge in [-0.2, -0.15) is 0 Å². The highest BCUT2D eigenvalue weighted by molar-refractivity contribution is 5.53. The molecule has 29 heavy (non-hydrogen) atoms. The van der Waals surface area contributed by atoms with Crippen LogP contribution in [-0.4, -0.2) is 41.7 Å². The number of rotatable bonds is 5. The van der Waals surface area contributed by atoms with Crippen LogP contribution in [0.3, 0.4) is 0 Å². The van der Waals surface area contributed by atoms with Gasteiger partial charge >= 0.3 is 0 Å². The molecule has 6 nitrogen and oxygen atoms in total. The Balaban J connectivity index is 1.66. The molecular formula is C22H31FN6. The average Bonchev–Trinajstić information content (AvgIpc) is 3.03. The van der Waals surface area contributed by atoms with Crippen molar-refractivity contribution in [2.75, 3.05) is 37.0 Å². The second-order valence-corrected chi connectivity index (χ2v) is 8.93. The van der Waals surface area contributed by atoms with E-state index in [1.807, 2.05) is 24.2 Å². The van der Waals surface area contributed by atoms with Crippen LogP contribution in [0.2, 0.25) is 0 Å². The zero-order chi connectivity index (χ0) is 20.6. The van der Waals surface area contributed by atoms with Crippen molar-refractivity contribution in [1.29, 1.82) is 0 Å². The van der Waals surface area contributed by atoms with Gasteiger partial charge in [0.2, 0.25) is 0 Å². The zero-order valence-corrected chi connectivity index (χ0v) is 17.5. The number of fused-ring (bicyclic) bond motifs is 1.